The molecule has 248 valence electrons. The topological polar surface area (TPSA) is 114 Å². The standard InChI is InChI=1S/C36H53N3O6/c1-7-9-10-11-12-18-25-39(32(29-22-17-16-19-27(29)3)33(41)37-24-23-31(40)44-8-2)34(42)30(26-28-20-14-13-15-21-28)38-35(43)45-36(4,5)6/h13-17,19-22,30,32H,7-12,18,23-26H2,1-6H3,(H,37,41)(H,38,43). The Morgan fingerprint density at radius 2 is 1.51 bits per heavy atom. The van der Waals surface area contributed by atoms with Crippen molar-refractivity contribution >= 4 is 23.9 Å². The number of nitrogens with one attached hydrogen (secondary N) is 2. The van der Waals surface area contributed by atoms with E-state index in [1.165, 1.54) is 0 Å². The second-order valence-corrected chi connectivity index (χ2v) is 12.3. The molecule has 2 rings (SSSR count). The molecule has 0 radical (unpaired) electrons. The largest absolute Gasteiger partial charge is 0.466 e. The number of amides is 3. The van der Waals surface area contributed by atoms with Gasteiger partial charge in [-0.05, 0) is 57.7 Å². The summed E-state index contributed by atoms with van der Waals surface area (Å²) in [4.78, 5) is 55.2. The highest BCUT2D eigenvalue weighted by molar-refractivity contribution is 5.92. The van der Waals surface area contributed by atoms with Crippen LogP contribution in [0.5, 0.6) is 0 Å². The molecule has 2 aromatic carbocycles. The minimum absolute atomic E-state index is 0.0161. The average Bonchev–Trinajstić information content (AvgIpc) is 2.98. The number of nitrogens with zero attached hydrogens (tertiary/aromatic N) is 1. The van der Waals surface area contributed by atoms with Gasteiger partial charge in [0.15, 0.2) is 0 Å². The van der Waals surface area contributed by atoms with Crippen LogP contribution in [0.4, 0.5) is 4.79 Å². The van der Waals surface area contributed by atoms with Crippen molar-refractivity contribution < 1.29 is 28.7 Å². The highest BCUT2D eigenvalue weighted by Gasteiger charge is 2.36. The van der Waals surface area contributed by atoms with Gasteiger partial charge < -0.3 is 25.0 Å². The van der Waals surface area contributed by atoms with Crippen molar-refractivity contribution in [1.29, 1.82) is 0 Å². The molecule has 0 aliphatic heterocycles. The highest BCUT2D eigenvalue weighted by Crippen LogP contribution is 2.27. The maximum atomic E-state index is 14.6. The van der Waals surface area contributed by atoms with Gasteiger partial charge in [-0.3, -0.25) is 14.4 Å². The maximum Gasteiger partial charge on any atom is 0.408 e. The number of ether oxygens (including phenoxy) is 2. The SMILES string of the molecule is CCCCCCCCN(C(=O)C(Cc1ccccc1)NC(=O)OC(C)(C)C)C(C(=O)NCCC(=O)OCC)c1ccccc1C. The Hall–Kier alpha value is -3.88. The highest BCUT2D eigenvalue weighted by atomic mass is 16.6. The minimum atomic E-state index is -0.985. The Morgan fingerprint density at radius 1 is 0.867 bits per heavy atom. The number of carbonyl (C=O) groups is 4. The summed E-state index contributed by atoms with van der Waals surface area (Å²) in [6.45, 7) is 11.7. The Bertz CT molecular complexity index is 1210. The van der Waals surface area contributed by atoms with Crippen LogP contribution in [0.25, 0.3) is 0 Å². The van der Waals surface area contributed by atoms with E-state index in [0.717, 1.165) is 43.2 Å². The van der Waals surface area contributed by atoms with Gasteiger partial charge in [0, 0.05) is 19.5 Å². The lowest BCUT2D eigenvalue weighted by Gasteiger charge is -2.35. The monoisotopic (exact) mass is 623 g/mol. The zero-order valence-electron chi connectivity index (χ0n) is 28.0. The minimum Gasteiger partial charge on any atom is -0.466 e. The lowest BCUT2D eigenvalue weighted by molar-refractivity contribution is -0.144. The molecule has 0 bridgehead atoms. The predicted molar refractivity (Wildman–Crippen MR) is 177 cm³/mol. The molecular weight excluding hydrogens is 570 g/mol. The van der Waals surface area contributed by atoms with Crippen LogP contribution >= 0.6 is 0 Å². The second kappa shape index (κ2) is 19.5. The molecule has 0 fully saturated rings. The van der Waals surface area contributed by atoms with Crippen molar-refractivity contribution in [1.82, 2.24) is 15.5 Å². The molecular formula is C36H53N3O6. The first-order chi connectivity index (χ1) is 21.5. The average molecular weight is 624 g/mol. The van der Waals surface area contributed by atoms with E-state index in [-0.39, 0.29) is 31.9 Å². The third kappa shape index (κ3) is 13.7. The van der Waals surface area contributed by atoms with E-state index in [1.807, 2.05) is 61.5 Å². The number of hydrogen-bond donors (Lipinski definition) is 2. The molecule has 9 heteroatoms. The Morgan fingerprint density at radius 3 is 2.16 bits per heavy atom. The van der Waals surface area contributed by atoms with E-state index < -0.39 is 35.7 Å². The quantitative estimate of drug-likeness (QED) is 0.146. The molecule has 2 aromatic rings. The van der Waals surface area contributed by atoms with Gasteiger partial charge in [-0.25, -0.2) is 4.79 Å². The van der Waals surface area contributed by atoms with Crippen LogP contribution in [-0.2, 0) is 30.3 Å². The van der Waals surface area contributed by atoms with Crippen molar-refractivity contribution in [3.05, 3.63) is 71.3 Å². The molecule has 0 spiro atoms. The lowest BCUT2D eigenvalue weighted by atomic mass is 9.96. The molecule has 9 nitrogen and oxygen atoms in total. The van der Waals surface area contributed by atoms with Gasteiger partial charge in [0.25, 0.3) is 0 Å². The number of rotatable bonds is 18. The van der Waals surface area contributed by atoms with Crippen LogP contribution in [0.2, 0.25) is 0 Å². The molecule has 0 aliphatic carbocycles. The van der Waals surface area contributed by atoms with Crippen molar-refractivity contribution in [2.75, 3.05) is 19.7 Å². The molecule has 2 unspecified atom stereocenters. The summed E-state index contributed by atoms with van der Waals surface area (Å²) in [5.74, 6) is -1.19. The van der Waals surface area contributed by atoms with Gasteiger partial charge in [-0.2, -0.15) is 0 Å². The van der Waals surface area contributed by atoms with Crippen LogP contribution in [0, 0.1) is 6.92 Å². The van der Waals surface area contributed by atoms with Crippen molar-refractivity contribution in [2.24, 2.45) is 0 Å². The summed E-state index contributed by atoms with van der Waals surface area (Å²) in [5.41, 5.74) is 1.63. The third-order valence-electron chi connectivity index (χ3n) is 7.28. The van der Waals surface area contributed by atoms with E-state index >= 15 is 0 Å². The second-order valence-electron chi connectivity index (χ2n) is 12.3. The van der Waals surface area contributed by atoms with Crippen LogP contribution in [0.1, 0.15) is 102 Å². The van der Waals surface area contributed by atoms with E-state index in [0.29, 0.717) is 18.5 Å². The summed E-state index contributed by atoms with van der Waals surface area (Å²) in [6.07, 6.45) is 5.54. The smallest absolute Gasteiger partial charge is 0.408 e. The first kappa shape index (κ1) is 37.3. The number of carbonyl (C=O) groups excluding carboxylic acids is 4. The molecule has 2 atom stereocenters. The molecule has 0 heterocycles. The normalized spacial score (nSPS) is 12.5. The van der Waals surface area contributed by atoms with Gasteiger partial charge in [0.1, 0.15) is 17.7 Å². The van der Waals surface area contributed by atoms with Crippen LogP contribution in [0.15, 0.2) is 54.6 Å². The summed E-state index contributed by atoms with van der Waals surface area (Å²) < 4.78 is 10.6. The summed E-state index contributed by atoms with van der Waals surface area (Å²) in [6, 6.07) is 15.0. The number of hydrogen-bond acceptors (Lipinski definition) is 6. The van der Waals surface area contributed by atoms with Crippen LogP contribution in [0.3, 0.4) is 0 Å². The van der Waals surface area contributed by atoms with Gasteiger partial charge in [0.05, 0.1) is 13.0 Å². The number of esters is 1. The Balaban J connectivity index is 2.50. The molecule has 0 aliphatic rings. The van der Waals surface area contributed by atoms with E-state index in [2.05, 4.69) is 17.6 Å². The van der Waals surface area contributed by atoms with Gasteiger partial charge in [0.2, 0.25) is 11.8 Å². The van der Waals surface area contributed by atoms with Crippen LogP contribution in [-0.4, -0.2) is 60.1 Å². The molecule has 45 heavy (non-hydrogen) atoms. The fourth-order valence-electron chi connectivity index (χ4n) is 5.09. The van der Waals surface area contributed by atoms with Crippen molar-refractivity contribution in [2.45, 2.75) is 111 Å². The van der Waals surface area contributed by atoms with E-state index in [9.17, 15) is 19.2 Å². The lowest BCUT2D eigenvalue weighted by Crippen LogP contribution is -2.54. The Kier molecular flexibility index (Phi) is 16.2. The predicted octanol–water partition coefficient (Wildman–Crippen LogP) is 6.43. The zero-order valence-corrected chi connectivity index (χ0v) is 28.0. The number of alkyl carbamates (subject to hydrolysis) is 1. The fraction of sp³-hybridized carbons (Fsp3) is 0.556. The molecule has 0 saturated heterocycles. The molecule has 0 aromatic heterocycles. The number of aryl methyl sites for hydroxylation is 1. The molecule has 2 N–H and O–H groups in total. The summed E-state index contributed by atoms with van der Waals surface area (Å²) in [7, 11) is 0. The van der Waals surface area contributed by atoms with Gasteiger partial charge >= 0.3 is 12.1 Å². The Labute approximate surface area is 269 Å². The van der Waals surface area contributed by atoms with Gasteiger partial charge in [-0.1, -0.05) is 93.6 Å². The van der Waals surface area contributed by atoms with E-state index in [1.54, 1.807) is 32.6 Å². The number of unbranched alkanes of at least 4 members (excludes halogenated alkanes) is 5. The third-order valence-corrected chi connectivity index (χ3v) is 7.28. The molecule has 3 amide bonds. The van der Waals surface area contributed by atoms with Crippen molar-refractivity contribution in [3.8, 4) is 0 Å². The van der Waals surface area contributed by atoms with Crippen LogP contribution < -0.4 is 10.6 Å². The zero-order chi connectivity index (χ0) is 33.2. The van der Waals surface area contributed by atoms with E-state index in [4.69, 9.17) is 9.47 Å². The summed E-state index contributed by atoms with van der Waals surface area (Å²) in [5, 5.41) is 5.67. The first-order valence-electron chi connectivity index (χ1n) is 16.3. The first-order valence-corrected chi connectivity index (χ1v) is 16.3. The maximum absolute atomic E-state index is 14.6. The fourth-order valence-corrected chi connectivity index (χ4v) is 5.09. The molecule has 0 saturated carbocycles. The van der Waals surface area contributed by atoms with Crippen molar-refractivity contribution in [3.63, 3.8) is 0 Å². The number of benzene rings is 2. The van der Waals surface area contributed by atoms with Gasteiger partial charge in [-0.15, -0.1) is 0 Å². The summed E-state index contributed by atoms with van der Waals surface area (Å²) >= 11 is 0.